The van der Waals surface area contributed by atoms with Gasteiger partial charge in [-0.2, -0.15) is 0 Å². The number of rotatable bonds is 3. The minimum absolute atomic E-state index is 0.0297. The van der Waals surface area contributed by atoms with Crippen LogP contribution in [0.1, 0.15) is 17.2 Å². The molecule has 2 aromatic rings. The van der Waals surface area contributed by atoms with Gasteiger partial charge in [0.15, 0.2) is 0 Å². The second kappa shape index (κ2) is 6.88. The number of morpholine rings is 1. The average Bonchev–Trinajstić information content (AvgIpc) is 2.53. The zero-order valence-corrected chi connectivity index (χ0v) is 13.5. The summed E-state index contributed by atoms with van der Waals surface area (Å²) in [6.07, 6.45) is 0.0297. The first-order chi connectivity index (χ1) is 10.6. The number of hydrogen-bond acceptors (Lipinski definition) is 3. The molecule has 1 saturated heterocycles. The molecule has 0 aromatic heterocycles. The van der Waals surface area contributed by atoms with Crippen molar-refractivity contribution in [2.24, 2.45) is 0 Å². The van der Waals surface area contributed by atoms with Gasteiger partial charge in [-0.3, -0.25) is 4.90 Å². The monoisotopic (exact) mass is 337 g/mol. The second-order valence-electron chi connectivity index (χ2n) is 5.40. The number of ether oxygens (including phenoxy) is 1. The lowest BCUT2D eigenvalue weighted by Gasteiger charge is -2.33. The van der Waals surface area contributed by atoms with Crippen LogP contribution in [0.5, 0.6) is 5.75 Å². The molecule has 0 radical (unpaired) electrons. The molecule has 1 fully saturated rings. The van der Waals surface area contributed by atoms with Crippen molar-refractivity contribution < 1.29 is 9.84 Å². The lowest BCUT2D eigenvalue weighted by molar-refractivity contribution is -0.0329. The summed E-state index contributed by atoms with van der Waals surface area (Å²) in [5.41, 5.74) is 2.05. The first kappa shape index (κ1) is 15.6. The van der Waals surface area contributed by atoms with Crippen molar-refractivity contribution in [3.05, 3.63) is 63.6 Å². The van der Waals surface area contributed by atoms with Gasteiger partial charge >= 0.3 is 0 Å². The summed E-state index contributed by atoms with van der Waals surface area (Å²) in [6, 6.07) is 13.1. The van der Waals surface area contributed by atoms with Crippen molar-refractivity contribution in [3.63, 3.8) is 0 Å². The molecule has 3 rings (SSSR count). The van der Waals surface area contributed by atoms with Crippen LogP contribution in [0, 0.1) is 0 Å². The first-order valence-corrected chi connectivity index (χ1v) is 7.95. The molecule has 1 aliphatic heterocycles. The second-order valence-corrected chi connectivity index (χ2v) is 6.21. The van der Waals surface area contributed by atoms with E-state index in [4.69, 9.17) is 27.9 Å². The highest BCUT2D eigenvalue weighted by Gasteiger charge is 2.22. The van der Waals surface area contributed by atoms with Crippen molar-refractivity contribution in [2.45, 2.75) is 12.6 Å². The SMILES string of the molecule is Oc1cccc(CN2CCO[C@@H](c3ccc(Cl)cc3)C2)c1Cl. The van der Waals surface area contributed by atoms with Crippen LogP contribution in [0.2, 0.25) is 10.0 Å². The third-order valence-corrected chi connectivity index (χ3v) is 4.53. The van der Waals surface area contributed by atoms with E-state index in [9.17, 15) is 5.11 Å². The minimum Gasteiger partial charge on any atom is -0.506 e. The van der Waals surface area contributed by atoms with Gasteiger partial charge in [-0.1, -0.05) is 47.5 Å². The average molecular weight is 338 g/mol. The smallest absolute Gasteiger partial charge is 0.134 e. The summed E-state index contributed by atoms with van der Waals surface area (Å²) in [4.78, 5) is 2.28. The maximum Gasteiger partial charge on any atom is 0.134 e. The van der Waals surface area contributed by atoms with E-state index in [-0.39, 0.29) is 11.9 Å². The van der Waals surface area contributed by atoms with Crippen molar-refractivity contribution in [1.29, 1.82) is 0 Å². The zero-order valence-electron chi connectivity index (χ0n) is 12.0. The van der Waals surface area contributed by atoms with E-state index in [2.05, 4.69) is 4.90 Å². The van der Waals surface area contributed by atoms with Crippen LogP contribution in [0.15, 0.2) is 42.5 Å². The molecule has 0 unspecified atom stereocenters. The normalized spacial score (nSPS) is 19.3. The van der Waals surface area contributed by atoms with E-state index >= 15 is 0 Å². The van der Waals surface area contributed by atoms with Crippen molar-refractivity contribution in [3.8, 4) is 5.75 Å². The Morgan fingerprint density at radius 1 is 1.14 bits per heavy atom. The summed E-state index contributed by atoms with van der Waals surface area (Å²) in [6.45, 7) is 2.99. The van der Waals surface area contributed by atoms with Gasteiger partial charge in [0, 0.05) is 24.7 Å². The van der Waals surface area contributed by atoms with Gasteiger partial charge < -0.3 is 9.84 Å². The number of phenolic OH excluding ortho intramolecular Hbond substituents is 1. The molecule has 1 N–H and O–H groups in total. The number of halogens is 2. The Balaban J connectivity index is 1.70. The number of aromatic hydroxyl groups is 1. The van der Waals surface area contributed by atoms with Crippen LogP contribution >= 0.6 is 23.2 Å². The van der Waals surface area contributed by atoms with Gasteiger partial charge in [-0.15, -0.1) is 0 Å². The molecule has 3 nitrogen and oxygen atoms in total. The molecule has 5 heteroatoms. The molecule has 0 saturated carbocycles. The maximum atomic E-state index is 9.70. The molecular formula is C17H17Cl2NO2. The van der Waals surface area contributed by atoms with Crippen LogP contribution in [0.3, 0.4) is 0 Å². The van der Waals surface area contributed by atoms with E-state index in [1.54, 1.807) is 6.07 Å². The van der Waals surface area contributed by atoms with Gasteiger partial charge in [0.1, 0.15) is 5.75 Å². The summed E-state index contributed by atoms with van der Waals surface area (Å²) >= 11 is 12.1. The lowest BCUT2D eigenvalue weighted by atomic mass is 10.1. The topological polar surface area (TPSA) is 32.7 Å². The molecule has 116 valence electrons. The van der Waals surface area contributed by atoms with Gasteiger partial charge in [-0.05, 0) is 29.3 Å². The van der Waals surface area contributed by atoms with Gasteiger partial charge in [0.25, 0.3) is 0 Å². The van der Waals surface area contributed by atoms with E-state index in [0.717, 1.165) is 29.2 Å². The summed E-state index contributed by atoms with van der Waals surface area (Å²) in [5, 5.41) is 10.9. The molecule has 22 heavy (non-hydrogen) atoms. The third kappa shape index (κ3) is 3.55. The van der Waals surface area contributed by atoms with E-state index in [1.807, 2.05) is 36.4 Å². The highest BCUT2D eigenvalue weighted by Crippen LogP contribution is 2.29. The van der Waals surface area contributed by atoms with Crippen LogP contribution < -0.4 is 0 Å². The minimum atomic E-state index is 0.0297. The van der Waals surface area contributed by atoms with E-state index in [1.165, 1.54) is 0 Å². The van der Waals surface area contributed by atoms with Crippen LogP contribution in [-0.2, 0) is 11.3 Å². The summed E-state index contributed by atoms with van der Waals surface area (Å²) in [7, 11) is 0. The van der Waals surface area contributed by atoms with Gasteiger partial charge in [0.2, 0.25) is 0 Å². The molecule has 0 amide bonds. The van der Waals surface area contributed by atoms with Crippen molar-refractivity contribution in [2.75, 3.05) is 19.7 Å². The van der Waals surface area contributed by atoms with Crippen molar-refractivity contribution in [1.82, 2.24) is 4.90 Å². The molecule has 0 aliphatic carbocycles. The quantitative estimate of drug-likeness (QED) is 0.907. The predicted molar refractivity (Wildman–Crippen MR) is 88.5 cm³/mol. The Morgan fingerprint density at radius 2 is 1.91 bits per heavy atom. The highest BCUT2D eigenvalue weighted by atomic mass is 35.5. The number of nitrogens with zero attached hydrogens (tertiary/aromatic N) is 1. The van der Waals surface area contributed by atoms with Crippen LogP contribution in [0.4, 0.5) is 0 Å². The molecule has 1 heterocycles. The molecular weight excluding hydrogens is 321 g/mol. The standard InChI is InChI=1S/C17H17Cl2NO2/c18-14-6-4-12(5-7-14)16-11-20(8-9-22-16)10-13-2-1-3-15(21)17(13)19/h1-7,16,21H,8-11H2/t16-/m1/s1. The number of hydrogen-bond donors (Lipinski definition) is 1. The first-order valence-electron chi connectivity index (χ1n) is 7.19. The largest absolute Gasteiger partial charge is 0.506 e. The van der Waals surface area contributed by atoms with E-state index < -0.39 is 0 Å². The summed E-state index contributed by atoms with van der Waals surface area (Å²) in [5.74, 6) is 0.127. The molecule has 0 bridgehead atoms. The Hall–Kier alpha value is -1.26. The third-order valence-electron chi connectivity index (χ3n) is 3.84. The van der Waals surface area contributed by atoms with Crippen molar-refractivity contribution >= 4 is 23.2 Å². The Labute approximate surface area is 140 Å². The summed E-state index contributed by atoms with van der Waals surface area (Å²) < 4.78 is 5.86. The molecule has 2 aromatic carbocycles. The van der Waals surface area contributed by atoms with E-state index in [0.29, 0.717) is 18.2 Å². The fraction of sp³-hybridized carbons (Fsp3) is 0.294. The Kier molecular flexibility index (Phi) is 4.89. The van der Waals surface area contributed by atoms with Gasteiger partial charge in [-0.25, -0.2) is 0 Å². The Bertz CT molecular complexity index is 646. The maximum absolute atomic E-state index is 9.70. The fourth-order valence-corrected chi connectivity index (χ4v) is 2.97. The number of phenols is 1. The molecule has 0 spiro atoms. The predicted octanol–water partition coefficient (Wildman–Crippen LogP) is 4.27. The van der Waals surface area contributed by atoms with Crippen LogP contribution in [0.25, 0.3) is 0 Å². The highest BCUT2D eigenvalue weighted by molar-refractivity contribution is 6.32. The Morgan fingerprint density at radius 3 is 2.68 bits per heavy atom. The molecule has 1 aliphatic rings. The molecule has 1 atom stereocenters. The van der Waals surface area contributed by atoms with Crippen LogP contribution in [-0.4, -0.2) is 29.7 Å². The zero-order chi connectivity index (χ0) is 15.5. The number of benzene rings is 2. The fourth-order valence-electron chi connectivity index (χ4n) is 2.65. The lowest BCUT2D eigenvalue weighted by Crippen LogP contribution is -2.37. The van der Waals surface area contributed by atoms with Gasteiger partial charge in [0.05, 0.1) is 17.7 Å².